The Labute approximate surface area is 103 Å². The van der Waals surface area contributed by atoms with Crippen LogP contribution in [-0.4, -0.2) is 11.1 Å². The highest BCUT2D eigenvalue weighted by Gasteiger charge is 2.22. The smallest absolute Gasteiger partial charge is 0.303 e. The molecule has 0 unspecified atom stereocenters. The molecule has 0 atom stereocenters. The fourth-order valence-corrected chi connectivity index (χ4v) is 1.73. The standard InChI is InChI=1S/C13H15F3O2/c1-13(2,7-12(17)18)4-3-8-5-10(15)11(16)6-9(8)14/h5-6H,3-4,7H2,1-2H3,(H,17,18). The van der Waals surface area contributed by atoms with Crippen molar-refractivity contribution in [3.05, 3.63) is 35.1 Å². The van der Waals surface area contributed by atoms with Gasteiger partial charge in [-0.15, -0.1) is 0 Å². The number of carbonyl (C=O) groups is 1. The normalized spacial score (nSPS) is 11.6. The van der Waals surface area contributed by atoms with Crippen LogP contribution in [0.4, 0.5) is 13.2 Å². The molecule has 0 saturated heterocycles. The fourth-order valence-electron chi connectivity index (χ4n) is 1.73. The van der Waals surface area contributed by atoms with Gasteiger partial charge < -0.3 is 5.11 Å². The molecule has 1 N–H and O–H groups in total. The third-order valence-electron chi connectivity index (χ3n) is 2.79. The topological polar surface area (TPSA) is 37.3 Å². The molecule has 0 aliphatic carbocycles. The Morgan fingerprint density at radius 1 is 1.17 bits per heavy atom. The van der Waals surface area contributed by atoms with Crippen molar-refractivity contribution >= 4 is 5.97 Å². The minimum absolute atomic E-state index is 0.0572. The van der Waals surface area contributed by atoms with E-state index in [1.54, 1.807) is 13.8 Å². The number of aliphatic carboxylic acids is 1. The highest BCUT2D eigenvalue weighted by Crippen LogP contribution is 2.28. The van der Waals surface area contributed by atoms with Crippen molar-refractivity contribution in [2.24, 2.45) is 5.41 Å². The van der Waals surface area contributed by atoms with Gasteiger partial charge in [0.25, 0.3) is 0 Å². The number of carboxylic acids is 1. The molecule has 0 heterocycles. The maximum absolute atomic E-state index is 13.3. The van der Waals surface area contributed by atoms with E-state index in [0.717, 1.165) is 6.07 Å². The molecule has 0 amide bonds. The number of hydrogen-bond donors (Lipinski definition) is 1. The van der Waals surface area contributed by atoms with Gasteiger partial charge in [-0.1, -0.05) is 13.8 Å². The SMILES string of the molecule is CC(C)(CCc1cc(F)c(F)cc1F)CC(=O)O. The first-order valence-corrected chi connectivity index (χ1v) is 5.56. The van der Waals surface area contributed by atoms with Crippen LogP contribution in [0.1, 0.15) is 32.3 Å². The zero-order valence-electron chi connectivity index (χ0n) is 10.3. The minimum Gasteiger partial charge on any atom is -0.481 e. The molecule has 2 nitrogen and oxygen atoms in total. The van der Waals surface area contributed by atoms with Crippen LogP contribution >= 0.6 is 0 Å². The van der Waals surface area contributed by atoms with Gasteiger partial charge >= 0.3 is 5.97 Å². The number of halogens is 3. The van der Waals surface area contributed by atoms with Crippen molar-refractivity contribution in [1.82, 2.24) is 0 Å². The fraction of sp³-hybridized carbons (Fsp3) is 0.462. The van der Waals surface area contributed by atoms with Crippen LogP contribution in [0.25, 0.3) is 0 Å². The van der Waals surface area contributed by atoms with Crippen LogP contribution in [0.3, 0.4) is 0 Å². The van der Waals surface area contributed by atoms with Gasteiger partial charge in [0.15, 0.2) is 11.6 Å². The van der Waals surface area contributed by atoms with E-state index in [2.05, 4.69) is 0 Å². The highest BCUT2D eigenvalue weighted by atomic mass is 19.2. The lowest BCUT2D eigenvalue weighted by Crippen LogP contribution is -2.18. The molecule has 18 heavy (non-hydrogen) atoms. The Kier molecular flexibility index (Phi) is 4.38. The number of hydrogen-bond acceptors (Lipinski definition) is 1. The summed E-state index contributed by atoms with van der Waals surface area (Å²) in [5.41, 5.74) is -0.462. The molecule has 0 aliphatic heterocycles. The van der Waals surface area contributed by atoms with Gasteiger partial charge in [0.2, 0.25) is 0 Å². The van der Waals surface area contributed by atoms with E-state index >= 15 is 0 Å². The van der Waals surface area contributed by atoms with E-state index in [4.69, 9.17) is 5.11 Å². The molecule has 0 bridgehead atoms. The van der Waals surface area contributed by atoms with Crippen LogP contribution in [0.15, 0.2) is 12.1 Å². The largest absolute Gasteiger partial charge is 0.481 e. The average Bonchev–Trinajstić information content (AvgIpc) is 2.19. The summed E-state index contributed by atoms with van der Waals surface area (Å²) in [6.07, 6.45) is 0.489. The molecule has 100 valence electrons. The predicted molar refractivity (Wildman–Crippen MR) is 60.7 cm³/mol. The molecule has 0 aromatic heterocycles. The summed E-state index contributed by atoms with van der Waals surface area (Å²) in [6, 6.07) is 1.33. The molecule has 0 saturated carbocycles. The molecule has 1 rings (SSSR count). The van der Waals surface area contributed by atoms with Crippen LogP contribution < -0.4 is 0 Å². The molecule has 1 aromatic rings. The average molecular weight is 260 g/mol. The summed E-state index contributed by atoms with van der Waals surface area (Å²) >= 11 is 0. The van der Waals surface area contributed by atoms with E-state index in [1.807, 2.05) is 0 Å². The van der Waals surface area contributed by atoms with Crippen molar-refractivity contribution in [3.8, 4) is 0 Å². The summed E-state index contributed by atoms with van der Waals surface area (Å²) in [4.78, 5) is 10.6. The quantitative estimate of drug-likeness (QED) is 0.822. The summed E-state index contributed by atoms with van der Waals surface area (Å²) in [7, 11) is 0. The van der Waals surface area contributed by atoms with Gasteiger partial charge in [-0.2, -0.15) is 0 Å². The van der Waals surface area contributed by atoms with Crippen LogP contribution in [0, 0.1) is 22.9 Å². The second-order valence-electron chi connectivity index (χ2n) is 5.09. The van der Waals surface area contributed by atoms with Gasteiger partial charge in [0.1, 0.15) is 5.82 Å². The molecular weight excluding hydrogens is 245 g/mol. The first-order valence-electron chi connectivity index (χ1n) is 5.56. The van der Waals surface area contributed by atoms with E-state index in [0.29, 0.717) is 12.5 Å². The van der Waals surface area contributed by atoms with Gasteiger partial charge in [-0.05, 0) is 29.9 Å². The summed E-state index contributed by atoms with van der Waals surface area (Å²) in [5.74, 6) is -4.06. The van der Waals surface area contributed by atoms with Gasteiger partial charge in [-0.25, -0.2) is 13.2 Å². The van der Waals surface area contributed by atoms with Crippen molar-refractivity contribution in [3.63, 3.8) is 0 Å². The Balaban J connectivity index is 2.74. The molecule has 1 aromatic carbocycles. The van der Waals surface area contributed by atoms with Crippen LogP contribution in [0.5, 0.6) is 0 Å². The van der Waals surface area contributed by atoms with E-state index < -0.39 is 28.8 Å². The predicted octanol–water partition coefficient (Wildman–Crippen LogP) is 3.54. The third kappa shape index (κ3) is 4.05. The lowest BCUT2D eigenvalue weighted by atomic mass is 9.83. The van der Waals surface area contributed by atoms with Crippen molar-refractivity contribution in [2.45, 2.75) is 33.1 Å². The zero-order valence-corrected chi connectivity index (χ0v) is 10.3. The molecule has 5 heteroatoms. The maximum atomic E-state index is 13.3. The first kappa shape index (κ1) is 14.5. The number of benzene rings is 1. The lowest BCUT2D eigenvalue weighted by Gasteiger charge is -2.22. The third-order valence-corrected chi connectivity index (χ3v) is 2.79. The Bertz CT molecular complexity index is 456. The monoisotopic (exact) mass is 260 g/mol. The summed E-state index contributed by atoms with van der Waals surface area (Å²) in [5, 5.41) is 8.70. The number of aryl methyl sites for hydroxylation is 1. The molecular formula is C13H15F3O2. The Morgan fingerprint density at radius 3 is 2.28 bits per heavy atom. The van der Waals surface area contributed by atoms with Gasteiger partial charge in [0, 0.05) is 6.07 Å². The lowest BCUT2D eigenvalue weighted by molar-refractivity contribution is -0.139. The Hall–Kier alpha value is -1.52. The zero-order chi connectivity index (χ0) is 13.9. The minimum atomic E-state index is -1.22. The van der Waals surface area contributed by atoms with Crippen molar-refractivity contribution < 1.29 is 23.1 Å². The van der Waals surface area contributed by atoms with Gasteiger partial charge in [0.05, 0.1) is 6.42 Å². The molecule has 0 fully saturated rings. The number of carboxylic acid groups (broad SMARTS) is 1. The summed E-state index contributed by atoms with van der Waals surface area (Å²) in [6.45, 7) is 3.47. The van der Waals surface area contributed by atoms with E-state index in [1.165, 1.54) is 0 Å². The maximum Gasteiger partial charge on any atom is 0.303 e. The molecule has 0 aliphatic rings. The van der Waals surface area contributed by atoms with Crippen molar-refractivity contribution in [2.75, 3.05) is 0 Å². The first-order chi connectivity index (χ1) is 8.21. The second-order valence-corrected chi connectivity index (χ2v) is 5.09. The Morgan fingerprint density at radius 2 is 1.72 bits per heavy atom. The molecule has 0 radical (unpaired) electrons. The van der Waals surface area contributed by atoms with E-state index in [-0.39, 0.29) is 18.4 Å². The molecule has 0 spiro atoms. The van der Waals surface area contributed by atoms with E-state index in [9.17, 15) is 18.0 Å². The van der Waals surface area contributed by atoms with Crippen molar-refractivity contribution in [1.29, 1.82) is 0 Å². The highest BCUT2D eigenvalue weighted by molar-refractivity contribution is 5.67. The van der Waals surface area contributed by atoms with Gasteiger partial charge in [-0.3, -0.25) is 4.79 Å². The second kappa shape index (κ2) is 5.42. The van der Waals surface area contributed by atoms with Crippen LogP contribution in [0.2, 0.25) is 0 Å². The number of rotatable bonds is 5. The summed E-state index contributed by atoms with van der Waals surface area (Å²) < 4.78 is 39.0. The van der Waals surface area contributed by atoms with Crippen LogP contribution in [-0.2, 0) is 11.2 Å².